The van der Waals surface area contributed by atoms with E-state index in [4.69, 9.17) is 4.74 Å². The van der Waals surface area contributed by atoms with Crippen molar-refractivity contribution in [3.05, 3.63) is 77.6 Å². The van der Waals surface area contributed by atoms with Gasteiger partial charge in [0.05, 0.1) is 17.9 Å². The highest BCUT2D eigenvalue weighted by Gasteiger charge is 2.24. The molecule has 7 heteroatoms. The minimum atomic E-state index is -0.185. The first-order valence-electron chi connectivity index (χ1n) is 8.87. The molecule has 0 aliphatic carbocycles. The van der Waals surface area contributed by atoms with Crippen LogP contribution in [0.2, 0.25) is 0 Å². The van der Waals surface area contributed by atoms with Crippen molar-refractivity contribution >= 4 is 17.6 Å². The van der Waals surface area contributed by atoms with Crippen molar-refractivity contribution in [3.63, 3.8) is 0 Å². The van der Waals surface area contributed by atoms with Crippen molar-refractivity contribution < 1.29 is 9.53 Å². The molecule has 0 radical (unpaired) electrons. The van der Waals surface area contributed by atoms with Crippen molar-refractivity contribution in [2.24, 2.45) is 0 Å². The summed E-state index contributed by atoms with van der Waals surface area (Å²) in [6.45, 7) is 2.81. The summed E-state index contributed by atoms with van der Waals surface area (Å²) in [6.07, 6.45) is 1.44. The number of hydrogen-bond acceptors (Lipinski definition) is 6. The second kappa shape index (κ2) is 8.28. The van der Waals surface area contributed by atoms with Gasteiger partial charge in [0.25, 0.3) is 5.91 Å². The smallest absolute Gasteiger partial charge is 0.272 e. The molecule has 1 amide bonds. The molecule has 1 aliphatic heterocycles. The van der Waals surface area contributed by atoms with Crippen LogP contribution in [0, 0.1) is 0 Å². The molecule has 6 nitrogen and oxygen atoms in total. The van der Waals surface area contributed by atoms with E-state index in [0.717, 1.165) is 48.2 Å². The van der Waals surface area contributed by atoms with Crippen LogP contribution in [-0.4, -0.2) is 39.2 Å². The summed E-state index contributed by atoms with van der Waals surface area (Å²) in [6, 6.07) is 18.4. The third kappa shape index (κ3) is 4.32. The molecular formula is C20H20N4O2S. The largest absolute Gasteiger partial charge is 0.484 e. The molecule has 3 aromatic rings. The summed E-state index contributed by atoms with van der Waals surface area (Å²) in [5.74, 6) is 0.737. The molecule has 1 N–H and O–H groups in total. The maximum absolute atomic E-state index is 12.0. The number of para-hydroxylation sites is 1. The van der Waals surface area contributed by atoms with E-state index in [9.17, 15) is 4.79 Å². The number of carbonyl (C=O) groups excluding carboxylic acids is 1. The summed E-state index contributed by atoms with van der Waals surface area (Å²) in [4.78, 5) is 14.4. The number of benzene rings is 2. The Morgan fingerprint density at radius 3 is 2.81 bits per heavy atom. The van der Waals surface area contributed by atoms with E-state index in [2.05, 4.69) is 37.2 Å². The predicted molar refractivity (Wildman–Crippen MR) is 104 cm³/mol. The highest BCUT2D eigenvalue weighted by Crippen LogP contribution is 2.30. The second-order valence-electron chi connectivity index (χ2n) is 6.41. The monoisotopic (exact) mass is 380 g/mol. The van der Waals surface area contributed by atoms with Crippen LogP contribution in [0.3, 0.4) is 0 Å². The summed E-state index contributed by atoms with van der Waals surface area (Å²) >= 11 is 1.03. The molecule has 0 saturated heterocycles. The SMILES string of the molecule is O=C(NCCN1Cc2ccccc2OC(c2ccccc2)C1)c1cnsn1. The van der Waals surface area contributed by atoms with Crippen LogP contribution in [-0.2, 0) is 6.54 Å². The van der Waals surface area contributed by atoms with E-state index in [1.165, 1.54) is 6.20 Å². The molecule has 2 heterocycles. The van der Waals surface area contributed by atoms with E-state index < -0.39 is 0 Å². The van der Waals surface area contributed by atoms with Gasteiger partial charge in [-0.1, -0.05) is 48.5 Å². The lowest BCUT2D eigenvalue weighted by molar-refractivity contribution is 0.0939. The number of ether oxygens (including phenoxy) is 1. The third-order valence-electron chi connectivity index (χ3n) is 4.54. The van der Waals surface area contributed by atoms with Gasteiger partial charge in [-0.05, 0) is 11.6 Å². The fraction of sp³-hybridized carbons (Fsp3) is 0.250. The molecule has 1 unspecified atom stereocenters. The Morgan fingerprint density at radius 2 is 2.00 bits per heavy atom. The standard InChI is InChI=1S/C20H20N4O2S/c25-20(17-12-22-27-23-17)21-10-11-24-13-16-8-4-5-9-18(16)26-19(14-24)15-6-2-1-3-7-15/h1-9,12,19H,10-11,13-14H2,(H,21,25). The molecule has 27 heavy (non-hydrogen) atoms. The van der Waals surface area contributed by atoms with Crippen LogP contribution in [0.25, 0.3) is 0 Å². The zero-order valence-electron chi connectivity index (χ0n) is 14.7. The van der Waals surface area contributed by atoms with Crippen molar-refractivity contribution in [2.75, 3.05) is 19.6 Å². The van der Waals surface area contributed by atoms with E-state index in [0.29, 0.717) is 12.2 Å². The van der Waals surface area contributed by atoms with Gasteiger partial charge < -0.3 is 10.1 Å². The minimum Gasteiger partial charge on any atom is -0.484 e. The number of nitrogens with zero attached hydrogens (tertiary/aromatic N) is 3. The summed E-state index contributed by atoms with van der Waals surface area (Å²) in [5, 5.41) is 2.91. The Kier molecular flexibility index (Phi) is 5.41. The van der Waals surface area contributed by atoms with E-state index >= 15 is 0 Å². The summed E-state index contributed by atoms with van der Waals surface area (Å²) < 4.78 is 14.1. The summed E-state index contributed by atoms with van der Waals surface area (Å²) in [5.41, 5.74) is 2.68. The summed E-state index contributed by atoms with van der Waals surface area (Å²) in [7, 11) is 0. The van der Waals surface area contributed by atoms with Crippen LogP contribution in [0.4, 0.5) is 0 Å². The van der Waals surface area contributed by atoms with Gasteiger partial charge in [-0.15, -0.1) is 0 Å². The van der Waals surface area contributed by atoms with Crippen LogP contribution >= 0.6 is 11.7 Å². The van der Waals surface area contributed by atoms with Gasteiger partial charge in [-0.25, -0.2) is 0 Å². The van der Waals surface area contributed by atoms with Gasteiger partial charge >= 0.3 is 0 Å². The van der Waals surface area contributed by atoms with E-state index in [1.807, 2.05) is 36.4 Å². The van der Waals surface area contributed by atoms with Gasteiger partial charge in [-0.3, -0.25) is 9.69 Å². The molecule has 4 rings (SSSR count). The number of rotatable bonds is 5. The predicted octanol–water partition coefficient (Wildman–Crippen LogP) is 2.90. The zero-order valence-corrected chi connectivity index (χ0v) is 15.6. The lowest BCUT2D eigenvalue weighted by Crippen LogP contribution is -2.36. The molecular weight excluding hydrogens is 360 g/mol. The molecule has 0 saturated carbocycles. The lowest BCUT2D eigenvalue weighted by Gasteiger charge is -2.24. The maximum atomic E-state index is 12.0. The van der Waals surface area contributed by atoms with Gasteiger partial charge in [0.2, 0.25) is 0 Å². The normalized spacial score (nSPS) is 16.8. The highest BCUT2D eigenvalue weighted by molar-refractivity contribution is 6.99. The van der Waals surface area contributed by atoms with E-state index in [-0.39, 0.29) is 12.0 Å². The average molecular weight is 380 g/mol. The first-order chi connectivity index (χ1) is 13.3. The topological polar surface area (TPSA) is 67.4 Å². The fourth-order valence-electron chi connectivity index (χ4n) is 3.17. The zero-order chi connectivity index (χ0) is 18.5. The fourth-order valence-corrected chi connectivity index (χ4v) is 3.59. The van der Waals surface area contributed by atoms with E-state index in [1.54, 1.807) is 0 Å². The lowest BCUT2D eigenvalue weighted by atomic mass is 10.1. The van der Waals surface area contributed by atoms with Crippen LogP contribution < -0.4 is 10.1 Å². The van der Waals surface area contributed by atoms with Gasteiger partial charge in [0.15, 0.2) is 5.69 Å². The molecule has 1 aromatic heterocycles. The molecule has 0 bridgehead atoms. The molecule has 1 atom stereocenters. The molecule has 2 aromatic carbocycles. The van der Waals surface area contributed by atoms with Crippen molar-refractivity contribution in [1.29, 1.82) is 0 Å². The molecule has 138 valence electrons. The number of amides is 1. The number of nitrogens with one attached hydrogen (secondary N) is 1. The van der Waals surface area contributed by atoms with Crippen LogP contribution in [0.5, 0.6) is 5.75 Å². The quantitative estimate of drug-likeness (QED) is 0.737. The number of hydrogen-bond donors (Lipinski definition) is 1. The Hall–Kier alpha value is -2.77. The van der Waals surface area contributed by atoms with Gasteiger partial charge in [-0.2, -0.15) is 8.75 Å². The molecule has 1 aliphatic rings. The first-order valence-corrected chi connectivity index (χ1v) is 9.60. The van der Waals surface area contributed by atoms with Gasteiger partial charge in [0, 0.05) is 31.7 Å². The minimum absolute atomic E-state index is 0.0479. The average Bonchev–Trinajstić information content (AvgIpc) is 3.17. The Balaban J connectivity index is 1.45. The molecule has 0 spiro atoms. The van der Waals surface area contributed by atoms with Crippen LogP contribution in [0.15, 0.2) is 60.8 Å². The highest BCUT2D eigenvalue weighted by atomic mass is 32.1. The Labute approximate surface area is 162 Å². The number of carbonyl (C=O) groups is 1. The van der Waals surface area contributed by atoms with Gasteiger partial charge in [0.1, 0.15) is 11.9 Å². The third-order valence-corrected chi connectivity index (χ3v) is 5.02. The Bertz CT molecular complexity index is 886. The van der Waals surface area contributed by atoms with Crippen LogP contribution in [0.1, 0.15) is 27.7 Å². The first kappa shape index (κ1) is 17.6. The van der Waals surface area contributed by atoms with Crippen molar-refractivity contribution in [1.82, 2.24) is 19.0 Å². The number of aromatic nitrogens is 2. The Morgan fingerprint density at radius 1 is 1.19 bits per heavy atom. The second-order valence-corrected chi connectivity index (χ2v) is 6.97. The number of fused-ring (bicyclic) bond motifs is 1. The maximum Gasteiger partial charge on any atom is 0.272 e. The van der Waals surface area contributed by atoms with Crippen molar-refractivity contribution in [3.8, 4) is 5.75 Å². The van der Waals surface area contributed by atoms with Crippen molar-refractivity contribution in [2.45, 2.75) is 12.6 Å². The molecule has 0 fully saturated rings.